The smallest absolute Gasteiger partial charge is 0.251 e. The van der Waals surface area contributed by atoms with Crippen molar-refractivity contribution in [1.29, 1.82) is 0 Å². The molecule has 0 aromatic heterocycles. The van der Waals surface area contributed by atoms with E-state index < -0.39 is 23.8 Å². The molecule has 1 unspecified atom stereocenters. The fourth-order valence-corrected chi connectivity index (χ4v) is 3.66. The summed E-state index contributed by atoms with van der Waals surface area (Å²) in [4.78, 5) is 39.9. The fraction of sp³-hybridized carbons (Fsp3) is 0.375. The predicted molar refractivity (Wildman–Crippen MR) is 116 cm³/mol. The van der Waals surface area contributed by atoms with Crippen molar-refractivity contribution in [2.75, 3.05) is 13.1 Å². The maximum Gasteiger partial charge on any atom is 0.251 e. The van der Waals surface area contributed by atoms with Crippen LogP contribution < -0.4 is 10.6 Å². The first kappa shape index (κ1) is 22.6. The molecule has 1 fully saturated rings. The van der Waals surface area contributed by atoms with Gasteiger partial charge in [0.05, 0.1) is 6.54 Å². The van der Waals surface area contributed by atoms with E-state index in [1.807, 2.05) is 49.1 Å². The van der Waals surface area contributed by atoms with E-state index in [-0.39, 0.29) is 29.7 Å². The molecule has 1 saturated heterocycles. The van der Waals surface area contributed by atoms with E-state index in [2.05, 4.69) is 10.6 Å². The highest BCUT2D eigenvalue weighted by Crippen LogP contribution is 2.13. The van der Waals surface area contributed by atoms with E-state index in [1.165, 1.54) is 24.3 Å². The average Bonchev–Trinajstić information content (AvgIpc) is 3.06. The Morgan fingerprint density at radius 3 is 2.42 bits per heavy atom. The number of likely N-dealkylation sites (tertiary alicyclic amines) is 1. The highest BCUT2D eigenvalue weighted by atomic mass is 19.1. The second-order valence-electron chi connectivity index (χ2n) is 8.35. The summed E-state index contributed by atoms with van der Waals surface area (Å²) in [6.45, 7) is 5.24. The number of hydrogen-bond acceptors (Lipinski definition) is 4. The average molecular weight is 426 g/mol. The van der Waals surface area contributed by atoms with E-state index in [9.17, 15) is 18.8 Å². The van der Waals surface area contributed by atoms with E-state index >= 15 is 0 Å². The fourth-order valence-electron chi connectivity index (χ4n) is 3.66. The molecule has 2 atom stereocenters. The first-order chi connectivity index (χ1) is 14.8. The van der Waals surface area contributed by atoms with Crippen molar-refractivity contribution < 1.29 is 18.8 Å². The van der Waals surface area contributed by atoms with Crippen LogP contribution in [0.2, 0.25) is 0 Å². The van der Waals surface area contributed by atoms with Gasteiger partial charge in [-0.05, 0) is 42.2 Å². The minimum Gasteiger partial charge on any atom is -0.343 e. The van der Waals surface area contributed by atoms with Crippen LogP contribution in [0.25, 0.3) is 0 Å². The van der Waals surface area contributed by atoms with Crippen LogP contribution >= 0.6 is 0 Å². The standard InChI is InChI=1S/C24H28FN3O3/c1-16(2)12-20(26-23(30)18-8-10-19(25)11-9-18)24(31)27-21-14-28(15-22(21)29)13-17-6-4-3-5-7-17/h3-11,16,20-21H,12-15H2,1-2H3,(H,26,30)(H,27,31)/t20-,21?/m0/s1. The Labute approximate surface area is 181 Å². The Morgan fingerprint density at radius 2 is 1.77 bits per heavy atom. The lowest BCUT2D eigenvalue weighted by molar-refractivity contribution is -0.127. The summed E-state index contributed by atoms with van der Waals surface area (Å²) in [5.41, 5.74) is 1.38. The molecule has 2 aromatic carbocycles. The molecule has 0 aliphatic carbocycles. The third-order valence-electron chi connectivity index (χ3n) is 5.21. The van der Waals surface area contributed by atoms with Crippen molar-refractivity contribution in [3.8, 4) is 0 Å². The van der Waals surface area contributed by atoms with Gasteiger partial charge in [-0.2, -0.15) is 0 Å². The number of carbonyl (C=O) groups is 3. The lowest BCUT2D eigenvalue weighted by atomic mass is 10.0. The molecule has 0 bridgehead atoms. The number of amides is 2. The summed E-state index contributed by atoms with van der Waals surface area (Å²) in [6, 6.07) is 13.6. The topological polar surface area (TPSA) is 78.5 Å². The van der Waals surface area contributed by atoms with Crippen LogP contribution in [0, 0.1) is 11.7 Å². The van der Waals surface area contributed by atoms with Crippen molar-refractivity contribution in [2.45, 2.75) is 38.9 Å². The maximum atomic E-state index is 13.1. The van der Waals surface area contributed by atoms with E-state index in [0.29, 0.717) is 19.5 Å². The monoisotopic (exact) mass is 425 g/mol. The molecular formula is C24H28FN3O3. The van der Waals surface area contributed by atoms with Crippen LogP contribution in [-0.2, 0) is 16.1 Å². The summed E-state index contributed by atoms with van der Waals surface area (Å²) in [5.74, 6) is -1.17. The van der Waals surface area contributed by atoms with E-state index in [0.717, 1.165) is 5.56 Å². The van der Waals surface area contributed by atoms with Crippen LogP contribution in [0.3, 0.4) is 0 Å². The van der Waals surface area contributed by atoms with Gasteiger partial charge in [-0.1, -0.05) is 44.2 Å². The van der Waals surface area contributed by atoms with Gasteiger partial charge in [0, 0.05) is 18.7 Å². The second-order valence-corrected chi connectivity index (χ2v) is 8.35. The summed E-state index contributed by atoms with van der Waals surface area (Å²) in [5, 5.41) is 5.54. The Kier molecular flexibility index (Phi) is 7.52. The molecule has 1 aliphatic heterocycles. The van der Waals surface area contributed by atoms with Crippen LogP contribution in [0.1, 0.15) is 36.2 Å². The molecule has 7 heteroatoms. The molecule has 6 nitrogen and oxygen atoms in total. The van der Waals surface area contributed by atoms with Crippen LogP contribution in [0.4, 0.5) is 4.39 Å². The summed E-state index contributed by atoms with van der Waals surface area (Å²) < 4.78 is 13.1. The molecule has 0 spiro atoms. The largest absolute Gasteiger partial charge is 0.343 e. The number of hydrogen-bond donors (Lipinski definition) is 2. The highest BCUT2D eigenvalue weighted by molar-refractivity contribution is 5.99. The summed E-state index contributed by atoms with van der Waals surface area (Å²) in [7, 11) is 0. The molecule has 1 aliphatic rings. The Hall–Kier alpha value is -3.06. The normalized spacial score (nSPS) is 17.5. The van der Waals surface area contributed by atoms with E-state index in [4.69, 9.17) is 0 Å². The first-order valence-electron chi connectivity index (χ1n) is 10.5. The quantitative estimate of drug-likeness (QED) is 0.681. The van der Waals surface area contributed by atoms with Gasteiger partial charge in [0.1, 0.15) is 17.9 Å². The number of nitrogens with zero attached hydrogens (tertiary/aromatic N) is 1. The van der Waals surface area contributed by atoms with E-state index in [1.54, 1.807) is 0 Å². The van der Waals surface area contributed by atoms with Crippen molar-refractivity contribution >= 4 is 17.6 Å². The minimum atomic E-state index is -0.784. The SMILES string of the molecule is CC(C)C[C@H](NC(=O)c1ccc(F)cc1)C(=O)NC1CN(Cc2ccccc2)CC1=O. The number of nitrogens with one attached hydrogen (secondary N) is 2. The molecule has 1 heterocycles. The van der Waals surface area contributed by atoms with Crippen molar-refractivity contribution in [1.82, 2.24) is 15.5 Å². The number of rotatable bonds is 8. The van der Waals surface area contributed by atoms with Crippen molar-refractivity contribution in [3.63, 3.8) is 0 Å². The Morgan fingerprint density at radius 1 is 1.10 bits per heavy atom. The Balaban J connectivity index is 1.61. The molecule has 2 amide bonds. The van der Waals surface area contributed by atoms with Gasteiger partial charge in [-0.3, -0.25) is 19.3 Å². The predicted octanol–water partition coefficient (Wildman–Crippen LogP) is 2.54. The number of ketones is 1. The molecule has 2 aromatic rings. The number of halogens is 1. The molecule has 31 heavy (non-hydrogen) atoms. The number of carbonyl (C=O) groups excluding carboxylic acids is 3. The van der Waals surface area contributed by atoms with Crippen LogP contribution in [-0.4, -0.2) is 47.7 Å². The zero-order chi connectivity index (χ0) is 22.4. The van der Waals surface area contributed by atoms with Gasteiger partial charge in [0.25, 0.3) is 5.91 Å². The number of Topliss-reactive ketones (excluding diaryl/α,β-unsaturated/α-hetero) is 1. The third kappa shape index (κ3) is 6.46. The van der Waals surface area contributed by atoms with Gasteiger partial charge < -0.3 is 10.6 Å². The first-order valence-corrected chi connectivity index (χ1v) is 10.5. The van der Waals surface area contributed by atoms with Gasteiger partial charge in [0.2, 0.25) is 5.91 Å². The lowest BCUT2D eigenvalue weighted by Crippen LogP contribution is -2.52. The zero-order valence-corrected chi connectivity index (χ0v) is 17.8. The van der Waals surface area contributed by atoms with Gasteiger partial charge in [-0.15, -0.1) is 0 Å². The molecule has 0 saturated carbocycles. The number of benzene rings is 2. The van der Waals surface area contributed by atoms with Crippen LogP contribution in [0.15, 0.2) is 54.6 Å². The second kappa shape index (κ2) is 10.3. The summed E-state index contributed by atoms with van der Waals surface area (Å²) >= 11 is 0. The molecule has 164 valence electrons. The van der Waals surface area contributed by atoms with Crippen molar-refractivity contribution in [2.24, 2.45) is 5.92 Å². The molecular weight excluding hydrogens is 397 g/mol. The van der Waals surface area contributed by atoms with Gasteiger partial charge in [0.15, 0.2) is 5.78 Å². The molecule has 3 rings (SSSR count). The highest BCUT2D eigenvalue weighted by Gasteiger charge is 2.34. The van der Waals surface area contributed by atoms with Gasteiger partial charge >= 0.3 is 0 Å². The molecule has 2 N–H and O–H groups in total. The lowest BCUT2D eigenvalue weighted by Gasteiger charge is -2.22. The van der Waals surface area contributed by atoms with Crippen LogP contribution in [0.5, 0.6) is 0 Å². The van der Waals surface area contributed by atoms with Crippen molar-refractivity contribution in [3.05, 3.63) is 71.5 Å². The third-order valence-corrected chi connectivity index (χ3v) is 5.21. The minimum absolute atomic E-state index is 0.0440. The summed E-state index contributed by atoms with van der Waals surface area (Å²) in [6.07, 6.45) is 0.424. The van der Waals surface area contributed by atoms with Gasteiger partial charge in [-0.25, -0.2) is 4.39 Å². The molecule has 0 radical (unpaired) electrons. The Bertz CT molecular complexity index is 915. The maximum absolute atomic E-state index is 13.1. The zero-order valence-electron chi connectivity index (χ0n) is 17.8.